The number of benzene rings is 1. The summed E-state index contributed by atoms with van der Waals surface area (Å²) in [5.74, 6) is -1.01. The van der Waals surface area contributed by atoms with Crippen molar-refractivity contribution in [2.45, 2.75) is 19.4 Å². The summed E-state index contributed by atoms with van der Waals surface area (Å²) in [5, 5.41) is 21.2. The Morgan fingerprint density at radius 3 is 2.56 bits per heavy atom. The van der Waals surface area contributed by atoms with E-state index in [4.69, 9.17) is 39.9 Å². The lowest BCUT2D eigenvalue weighted by atomic mass is 10.1. The van der Waals surface area contributed by atoms with Crippen molar-refractivity contribution in [3.63, 3.8) is 0 Å². The molecule has 18 heavy (non-hydrogen) atoms. The van der Waals surface area contributed by atoms with Crippen LogP contribution in [0.2, 0.25) is 15.1 Å². The molecule has 4 nitrogen and oxygen atoms in total. The molecule has 0 aliphatic rings. The second kappa shape index (κ2) is 6.48. The summed E-state index contributed by atoms with van der Waals surface area (Å²) < 4.78 is 0. The minimum Gasteiger partial charge on any atom is -0.505 e. The van der Waals surface area contributed by atoms with E-state index in [1.165, 1.54) is 6.07 Å². The Hall–Kier alpha value is -0.680. The number of hydrogen-bond acceptors (Lipinski definition) is 3. The van der Waals surface area contributed by atoms with E-state index in [-0.39, 0.29) is 27.2 Å². The number of aliphatic hydroxyl groups is 1. The normalized spacial score (nSPS) is 12.3. The fourth-order valence-electron chi connectivity index (χ4n) is 1.28. The van der Waals surface area contributed by atoms with Gasteiger partial charge in [-0.1, -0.05) is 34.8 Å². The number of carbonyl (C=O) groups is 1. The number of nitrogens with one attached hydrogen (secondary N) is 1. The van der Waals surface area contributed by atoms with Crippen LogP contribution in [0.15, 0.2) is 6.07 Å². The first kappa shape index (κ1) is 15.4. The molecule has 3 N–H and O–H groups in total. The summed E-state index contributed by atoms with van der Waals surface area (Å²) in [7, 11) is 0. The van der Waals surface area contributed by atoms with Gasteiger partial charge in [-0.25, -0.2) is 0 Å². The zero-order chi connectivity index (χ0) is 13.9. The topological polar surface area (TPSA) is 69.6 Å². The van der Waals surface area contributed by atoms with E-state index in [1.54, 1.807) is 6.92 Å². The van der Waals surface area contributed by atoms with Crippen molar-refractivity contribution in [3.05, 3.63) is 26.7 Å². The average Bonchev–Trinajstić information content (AvgIpc) is 2.26. The first-order valence-corrected chi connectivity index (χ1v) is 6.30. The summed E-state index contributed by atoms with van der Waals surface area (Å²) >= 11 is 17.3. The highest BCUT2D eigenvalue weighted by atomic mass is 35.5. The maximum atomic E-state index is 11.8. The highest BCUT2D eigenvalue weighted by Gasteiger charge is 2.20. The highest BCUT2D eigenvalue weighted by molar-refractivity contribution is 6.45. The zero-order valence-electron chi connectivity index (χ0n) is 9.51. The van der Waals surface area contributed by atoms with Gasteiger partial charge in [-0.3, -0.25) is 4.79 Å². The van der Waals surface area contributed by atoms with Gasteiger partial charge in [0, 0.05) is 6.54 Å². The molecule has 0 fully saturated rings. The third kappa shape index (κ3) is 3.65. The Morgan fingerprint density at radius 1 is 1.39 bits per heavy atom. The fourth-order valence-corrected chi connectivity index (χ4v) is 1.97. The number of phenolic OH excluding ortho intramolecular Hbond substituents is 1. The van der Waals surface area contributed by atoms with Gasteiger partial charge >= 0.3 is 0 Å². The molecule has 0 aliphatic heterocycles. The van der Waals surface area contributed by atoms with Gasteiger partial charge in [0.25, 0.3) is 5.91 Å². The maximum Gasteiger partial charge on any atom is 0.256 e. The first-order chi connectivity index (χ1) is 8.34. The second-order valence-corrected chi connectivity index (χ2v) is 4.96. The number of phenols is 1. The van der Waals surface area contributed by atoms with Gasteiger partial charge < -0.3 is 15.5 Å². The van der Waals surface area contributed by atoms with Crippen LogP contribution in [0.1, 0.15) is 23.7 Å². The monoisotopic (exact) mass is 311 g/mol. The van der Waals surface area contributed by atoms with Gasteiger partial charge in [-0.15, -0.1) is 0 Å². The van der Waals surface area contributed by atoms with E-state index in [9.17, 15) is 9.90 Å². The average molecular weight is 313 g/mol. The molecule has 1 atom stereocenters. The Bertz CT molecular complexity index is 437. The van der Waals surface area contributed by atoms with Gasteiger partial charge in [0.05, 0.1) is 21.2 Å². The number of aliphatic hydroxyl groups excluding tert-OH is 1. The Morgan fingerprint density at radius 2 is 2.00 bits per heavy atom. The molecule has 0 aromatic heterocycles. The predicted octanol–water partition coefficient (Wildman–Crippen LogP) is 2.85. The molecule has 1 rings (SSSR count). The molecule has 1 aromatic rings. The molecule has 100 valence electrons. The maximum absolute atomic E-state index is 11.8. The van der Waals surface area contributed by atoms with Crippen LogP contribution in [-0.4, -0.2) is 28.8 Å². The van der Waals surface area contributed by atoms with Crippen LogP contribution >= 0.6 is 34.8 Å². The van der Waals surface area contributed by atoms with E-state index >= 15 is 0 Å². The Kier molecular flexibility index (Phi) is 5.53. The number of amides is 1. The third-order valence-corrected chi connectivity index (χ3v) is 3.30. The molecule has 0 aliphatic carbocycles. The zero-order valence-corrected chi connectivity index (χ0v) is 11.8. The minimum absolute atomic E-state index is 0.0509. The number of aromatic hydroxyl groups is 1. The summed E-state index contributed by atoms with van der Waals surface area (Å²) in [4.78, 5) is 11.8. The quantitative estimate of drug-likeness (QED) is 0.749. The fraction of sp³-hybridized carbons (Fsp3) is 0.364. The second-order valence-electron chi connectivity index (χ2n) is 3.77. The van der Waals surface area contributed by atoms with Crippen molar-refractivity contribution in [2.24, 2.45) is 0 Å². The van der Waals surface area contributed by atoms with E-state index in [0.717, 1.165) is 0 Å². The van der Waals surface area contributed by atoms with Crippen LogP contribution in [0.3, 0.4) is 0 Å². The molecule has 1 unspecified atom stereocenters. The molecular weight excluding hydrogens is 300 g/mol. The Balaban J connectivity index is 2.92. The van der Waals surface area contributed by atoms with Crippen LogP contribution in [0.4, 0.5) is 0 Å². The largest absolute Gasteiger partial charge is 0.505 e. The lowest BCUT2D eigenvalue weighted by molar-refractivity contribution is 0.0943. The van der Waals surface area contributed by atoms with Crippen molar-refractivity contribution in [2.75, 3.05) is 6.54 Å². The molecule has 0 saturated heterocycles. The Labute approximate surface area is 119 Å². The summed E-state index contributed by atoms with van der Waals surface area (Å²) in [6, 6.07) is 1.26. The van der Waals surface area contributed by atoms with Crippen molar-refractivity contribution >= 4 is 40.7 Å². The lowest BCUT2D eigenvalue weighted by Crippen LogP contribution is -2.27. The molecule has 0 spiro atoms. The molecule has 0 bridgehead atoms. The molecule has 0 heterocycles. The minimum atomic E-state index is -0.595. The van der Waals surface area contributed by atoms with Crippen LogP contribution in [-0.2, 0) is 0 Å². The van der Waals surface area contributed by atoms with E-state index in [2.05, 4.69) is 5.32 Å². The van der Waals surface area contributed by atoms with Crippen molar-refractivity contribution in [1.82, 2.24) is 5.32 Å². The van der Waals surface area contributed by atoms with Gasteiger partial charge in [0.15, 0.2) is 0 Å². The molecule has 0 radical (unpaired) electrons. The number of halogens is 3. The van der Waals surface area contributed by atoms with Gasteiger partial charge in [0.2, 0.25) is 0 Å². The molecule has 1 amide bonds. The van der Waals surface area contributed by atoms with E-state index in [0.29, 0.717) is 6.42 Å². The number of carbonyl (C=O) groups excluding carboxylic acids is 1. The van der Waals surface area contributed by atoms with Crippen molar-refractivity contribution in [1.29, 1.82) is 0 Å². The third-order valence-electron chi connectivity index (χ3n) is 2.22. The van der Waals surface area contributed by atoms with Crippen LogP contribution in [0, 0.1) is 0 Å². The predicted molar refractivity (Wildman–Crippen MR) is 71.8 cm³/mol. The first-order valence-electron chi connectivity index (χ1n) is 5.17. The lowest BCUT2D eigenvalue weighted by Gasteiger charge is -2.11. The van der Waals surface area contributed by atoms with Gasteiger partial charge in [0.1, 0.15) is 11.3 Å². The van der Waals surface area contributed by atoms with Gasteiger partial charge in [-0.05, 0) is 19.4 Å². The standard InChI is InChI=1S/C11H12Cl3NO3/c1-5(16)2-3-15-11(18)8-9(14)6(12)4-7(13)10(8)17/h4-5,16-17H,2-3H2,1H3,(H,15,18). The molecular formula is C11H12Cl3NO3. The summed E-state index contributed by atoms with van der Waals surface area (Å²) in [6.07, 6.45) is -0.143. The molecule has 7 heteroatoms. The van der Waals surface area contributed by atoms with Gasteiger partial charge in [-0.2, -0.15) is 0 Å². The highest BCUT2D eigenvalue weighted by Crippen LogP contribution is 2.38. The molecule has 0 saturated carbocycles. The van der Waals surface area contributed by atoms with Crippen molar-refractivity contribution < 1.29 is 15.0 Å². The van der Waals surface area contributed by atoms with Crippen LogP contribution in [0.5, 0.6) is 5.75 Å². The van der Waals surface area contributed by atoms with Crippen molar-refractivity contribution in [3.8, 4) is 5.75 Å². The summed E-state index contributed by atoms with van der Waals surface area (Å²) in [5.41, 5.74) is -0.167. The van der Waals surface area contributed by atoms with E-state index < -0.39 is 17.8 Å². The SMILES string of the molecule is CC(O)CCNC(=O)c1c(O)c(Cl)cc(Cl)c1Cl. The van der Waals surface area contributed by atoms with Crippen LogP contribution < -0.4 is 5.32 Å². The smallest absolute Gasteiger partial charge is 0.256 e. The number of rotatable bonds is 4. The van der Waals surface area contributed by atoms with E-state index in [1.807, 2.05) is 0 Å². The summed E-state index contributed by atoms with van der Waals surface area (Å²) in [6.45, 7) is 1.85. The molecule has 1 aromatic carbocycles. The number of hydrogen-bond donors (Lipinski definition) is 3. The van der Waals surface area contributed by atoms with Crippen LogP contribution in [0.25, 0.3) is 0 Å².